The molecule has 1 N–H and O–H groups in total. The van der Waals surface area contributed by atoms with E-state index in [0.29, 0.717) is 29.0 Å². The smallest absolute Gasteiger partial charge is 0.411 e. The van der Waals surface area contributed by atoms with Crippen molar-refractivity contribution in [2.45, 2.75) is 55.5 Å². The minimum atomic E-state index is -0.545. The van der Waals surface area contributed by atoms with Gasteiger partial charge in [-0.3, -0.25) is 5.32 Å². The number of rotatable bonds is 7. The summed E-state index contributed by atoms with van der Waals surface area (Å²) in [6, 6.07) is 7.29. The summed E-state index contributed by atoms with van der Waals surface area (Å²) < 4.78 is 12.6. The highest BCUT2D eigenvalue weighted by atomic mass is 32.2. The summed E-state index contributed by atoms with van der Waals surface area (Å²) in [5.41, 5.74) is 1.38. The van der Waals surface area contributed by atoms with E-state index in [2.05, 4.69) is 20.1 Å². The SMILES string of the molecule is CCOC(=O)Nc1ccc2c(CSc3nnc(C4CC4)n3C3CC3)cc(=O)oc2c1. The summed E-state index contributed by atoms with van der Waals surface area (Å²) in [5.74, 6) is 2.26. The van der Waals surface area contributed by atoms with Crippen molar-refractivity contribution in [2.24, 2.45) is 0 Å². The molecule has 2 aliphatic rings. The summed E-state index contributed by atoms with van der Waals surface area (Å²) in [6.45, 7) is 2.02. The zero-order valence-corrected chi connectivity index (χ0v) is 17.4. The normalized spacial score (nSPS) is 16.0. The van der Waals surface area contributed by atoms with Gasteiger partial charge in [-0.2, -0.15) is 0 Å². The fraction of sp³-hybridized carbons (Fsp3) is 0.429. The van der Waals surface area contributed by atoms with Gasteiger partial charge in [-0.25, -0.2) is 9.59 Å². The van der Waals surface area contributed by atoms with Gasteiger partial charge in [0, 0.05) is 40.9 Å². The number of carbonyl (C=O) groups excluding carboxylic acids is 1. The van der Waals surface area contributed by atoms with Gasteiger partial charge in [0.1, 0.15) is 11.4 Å². The molecule has 5 rings (SSSR count). The average Bonchev–Trinajstić information content (AvgIpc) is 3.64. The van der Waals surface area contributed by atoms with Crippen molar-refractivity contribution < 1.29 is 13.9 Å². The van der Waals surface area contributed by atoms with Crippen molar-refractivity contribution in [3.05, 3.63) is 46.1 Å². The Balaban J connectivity index is 1.39. The van der Waals surface area contributed by atoms with Gasteiger partial charge in [0.15, 0.2) is 5.16 Å². The first-order valence-electron chi connectivity index (χ1n) is 10.2. The molecule has 8 nitrogen and oxygen atoms in total. The molecule has 2 aromatic heterocycles. The molecule has 2 heterocycles. The maximum absolute atomic E-state index is 12.1. The first kappa shape index (κ1) is 19.2. The van der Waals surface area contributed by atoms with Crippen LogP contribution in [0.25, 0.3) is 11.0 Å². The van der Waals surface area contributed by atoms with Gasteiger partial charge in [0.25, 0.3) is 0 Å². The molecular formula is C21H22N4O4S. The number of hydrogen-bond acceptors (Lipinski definition) is 7. The second-order valence-corrected chi connectivity index (χ2v) is 8.59. The number of carbonyl (C=O) groups is 1. The lowest BCUT2D eigenvalue weighted by atomic mass is 10.1. The number of anilines is 1. The number of ether oxygens (including phenoxy) is 1. The quantitative estimate of drug-likeness (QED) is 0.440. The monoisotopic (exact) mass is 426 g/mol. The number of hydrogen-bond donors (Lipinski definition) is 1. The third kappa shape index (κ3) is 3.94. The number of amides is 1. The second-order valence-electron chi connectivity index (χ2n) is 7.65. The molecule has 0 atom stereocenters. The topological polar surface area (TPSA) is 99.2 Å². The Bertz CT molecular complexity index is 1160. The van der Waals surface area contributed by atoms with Crippen molar-refractivity contribution in [1.29, 1.82) is 0 Å². The second kappa shape index (κ2) is 7.79. The number of nitrogens with one attached hydrogen (secondary N) is 1. The standard InChI is InChI=1S/C21H22N4O4S/c1-2-28-21(27)22-14-5-8-16-13(9-18(26)29-17(16)10-14)11-30-20-24-23-19(12-3-4-12)25(20)15-6-7-15/h5,8-10,12,15H,2-4,6-7,11H2,1H3,(H,22,27). The Labute approximate surface area is 177 Å². The number of benzene rings is 1. The van der Waals surface area contributed by atoms with Crippen LogP contribution in [0.1, 0.15) is 56.0 Å². The molecule has 1 amide bonds. The van der Waals surface area contributed by atoms with E-state index >= 15 is 0 Å². The minimum Gasteiger partial charge on any atom is -0.450 e. The van der Waals surface area contributed by atoms with Crippen LogP contribution in [0.3, 0.4) is 0 Å². The van der Waals surface area contributed by atoms with Crippen LogP contribution in [-0.4, -0.2) is 27.5 Å². The van der Waals surface area contributed by atoms with Gasteiger partial charge in [-0.15, -0.1) is 10.2 Å². The van der Waals surface area contributed by atoms with Crippen LogP contribution in [-0.2, 0) is 10.5 Å². The van der Waals surface area contributed by atoms with E-state index < -0.39 is 11.7 Å². The molecular weight excluding hydrogens is 404 g/mol. The van der Waals surface area contributed by atoms with Gasteiger partial charge in [-0.05, 0) is 50.3 Å². The van der Waals surface area contributed by atoms with Crippen LogP contribution in [0.5, 0.6) is 0 Å². The first-order chi connectivity index (χ1) is 14.6. The predicted molar refractivity (Wildman–Crippen MR) is 113 cm³/mol. The molecule has 1 aromatic carbocycles. The lowest BCUT2D eigenvalue weighted by Gasteiger charge is -2.10. The van der Waals surface area contributed by atoms with Crippen LogP contribution in [0, 0.1) is 0 Å². The highest BCUT2D eigenvalue weighted by Crippen LogP contribution is 2.46. The highest BCUT2D eigenvalue weighted by Gasteiger charge is 2.36. The third-order valence-electron chi connectivity index (χ3n) is 5.25. The van der Waals surface area contributed by atoms with Crippen LogP contribution in [0.2, 0.25) is 0 Å². The molecule has 9 heteroatoms. The zero-order valence-electron chi connectivity index (χ0n) is 16.6. The van der Waals surface area contributed by atoms with Gasteiger partial charge in [0.05, 0.1) is 6.61 Å². The number of fused-ring (bicyclic) bond motifs is 1. The predicted octanol–water partition coefficient (Wildman–Crippen LogP) is 4.46. The van der Waals surface area contributed by atoms with E-state index in [9.17, 15) is 9.59 Å². The number of nitrogens with zero attached hydrogens (tertiary/aromatic N) is 3. The maximum atomic E-state index is 12.1. The Kier molecular flexibility index (Phi) is 4.98. The first-order valence-corrected chi connectivity index (χ1v) is 11.2. The third-order valence-corrected chi connectivity index (χ3v) is 6.25. The van der Waals surface area contributed by atoms with Gasteiger partial charge >= 0.3 is 11.7 Å². The fourth-order valence-electron chi connectivity index (χ4n) is 3.54. The van der Waals surface area contributed by atoms with Crippen LogP contribution >= 0.6 is 11.8 Å². The van der Waals surface area contributed by atoms with Crippen molar-refractivity contribution in [3.8, 4) is 0 Å². The number of aromatic nitrogens is 3. The molecule has 0 unspecified atom stereocenters. The van der Waals surface area contributed by atoms with Crippen molar-refractivity contribution in [2.75, 3.05) is 11.9 Å². The summed E-state index contributed by atoms with van der Waals surface area (Å²) >= 11 is 1.60. The molecule has 156 valence electrons. The van der Waals surface area contributed by atoms with Gasteiger partial charge in [0.2, 0.25) is 0 Å². The van der Waals surface area contributed by atoms with E-state index in [-0.39, 0.29) is 6.61 Å². The minimum absolute atomic E-state index is 0.282. The van der Waals surface area contributed by atoms with Gasteiger partial charge < -0.3 is 13.7 Å². The molecule has 3 aromatic rings. The molecule has 30 heavy (non-hydrogen) atoms. The van der Waals surface area contributed by atoms with Crippen molar-refractivity contribution in [3.63, 3.8) is 0 Å². The fourth-order valence-corrected chi connectivity index (χ4v) is 4.54. The largest absolute Gasteiger partial charge is 0.450 e. The molecule has 2 saturated carbocycles. The summed E-state index contributed by atoms with van der Waals surface area (Å²) in [4.78, 5) is 23.8. The van der Waals surface area contributed by atoms with Crippen LogP contribution < -0.4 is 10.9 Å². The van der Waals surface area contributed by atoms with E-state index in [1.165, 1.54) is 31.7 Å². The average molecular weight is 426 g/mol. The Morgan fingerprint density at radius 2 is 2.10 bits per heavy atom. The number of thioether (sulfide) groups is 1. The van der Waals surface area contributed by atoms with Crippen LogP contribution in [0.15, 0.2) is 38.6 Å². The van der Waals surface area contributed by atoms with E-state index in [4.69, 9.17) is 9.15 Å². The molecule has 2 fully saturated rings. The molecule has 0 saturated heterocycles. The highest BCUT2D eigenvalue weighted by molar-refractivity contribution is 7.98. The van der Waals surface area contributed by atoms with E-state index in [0.717, 1.165) is 21.9 Å². The Morgan fingerprint density at radius 3 is 2.83 bits per heavy atom. The summed E-state index contributed by atoms with van der Waals surface area (Å²) in [7, 11) is 0. The molecule has 0 radical (unpaired) electrons. The van der Waals surface area contributed by atoms with E-state index in [1.54, 1.807) is 30.8 Å². The molecule has 0 bridgehead atoms. The van der Waals surface area contributed by atoms with Gasteiger partial charge in [-0.1, -0.05) is 11.8 Å². The molecule has 2 aliphatic carbocycles. The maximum Gasteiger partial charge on any atom is 0.411 e. The van der Waals surface area contributed by atoms with Crippen molar-refractivity contribution in [1.82, 2.24) is 14.8 Å². The lowest BCUT2D eigenvalue weighted by molar-refractivity contribution is 0.168. The van der Waals surface area contributed by atoms with Crippen LogP contribution in [0.4, 0.5) is 10.5 Å². The zero-order chi connectivity index (χ0) is 20.7. The molecule has 0 aliphatic heterocycles. The lowest BCUT2D eigenvalue weighted by Crippen LogP contribution is -2.13. The van der Waals surface area contributed by atoms with E-state index in [1.807, 2.05) is 6.07 Å². The van der Waals surface area contributed by atoms with Crippen molar-refractivity contribution >= 4 is 34.5 Å². The molecule has 0 spiro atoms. The summed E-state index contributed by atoms with van der Waals surface area (Å²) in [5, 5.41) is 13.3. The Hall–Kier alpha value is -2.81. The Morgan fingerprint density at radius 1 is 1.27 bits per heavy atom. The summed E-state index contributed by atoms with van der Waals surface area (Å²) in [6.07, 6.45) is 4.21.